The molecule has 3 heteroatoms. The van der Waals surface area contributed by atoms with Gasteiger partial charge < -0.3 is 5.73 Å². The number of pyridine rings is 1. The van der Waals surface area contributed by atoms with Gasteiger partial charge in [-0.2, -0.15) is 5.26 Å². The third-order valence-electron chi connectivity index (χ3n) is 1.85. The fraction of sp³-hybridized carbons (Fsp3) is 0.333. The van der Waals surface area contributed by atoms with Crippen molar-refractivity contribution in [2.45, 2.75) is 20.3 Å². The number of nitrogens with zero attached hydrogens (tertiary/aromatic N) is 2. The summed E-state index contributed by atoms with van der Waals surface area (Å²) in [6.07, 6.45) is 0.883. The van der Waals surface area contributed by atoms with Crippen molar-refractivity contribution in [1.29, 1.82) is 5.26 Å². The monoisotopic (exact) mass is 161 g/mol. The van der Waals surface area contributed by atoms with E-state index in [0.29, 0.717) is 11.4 Å². The molecule has 1 heterocycles. The van der Waals surface area contributed by atoms with Gasteiger partial charge in [-0.3, -0.25) is 0 Å². The van der Waals surface area contributed by atoms with Crippen LogP contribution < -0.4 is 5.73 Å². The Balaban J connectivity index is 3.30. The van der Waals surface area contributed by atoms with E-state index in [9.17, 15) is 0 Å². The van der Waals surface area contributed by atoms with E-state index < -0.39 is 0 Å². The molecule has 0 spiro atoms. The van der Waals surface area contributed by atoms with Gasteiger partial charge >= 0.3 is 0 Å². The molecule has 0 aliphatic carbocycles. The number of aryl methyl sites for hydroxylation is 2. The van der Waals surface area contributed by atoms with Crippen LogP contribution in [0.2, 0.25) is 0 Å². The first-order chi connectivity index (χ1) is 5.69. The first kappa shape index (κ1) is 8.54. The van der Waals surface area contributed by atoms with E-state index in [-0.39, 0.29) is 0 Å². The van der Waals surface area contributed by atoms with Crippen LogP contribution in [0.1, 0.15) is 23.7 Å². The van der Waals surface area contributed by atoms with Crippen LogP contribution in [0.3, 0.4) is 0 Å². The van der Waals surface area contributed by atoms with Gasteiger partial charge in [0.1, 0.15) is 11.9 Å². The summed E-state index contributed by atoms with van der Waals surface area (Å²) in [6, 6.07) is 3.81. The molecule has 1 rings (SSSR count). The largest absolute Gasteiger partial charge is 0.383 e. The van der Waals surface area contributed by atoms with E-state index in [1.165, 1.54) is 0 Å². The smallest absolute Gasteiger partial charge is 0.141 e. The molecule has 0 aromatic carbocycles. The van der Waals surface area contributed by atoms with Crippen LogP contribution in [-0.2, 0) is 6.42 Å². The Kier molecular flexibility index (Phi) is 2.29. The van der Waals surface area contributed by atoms with E-state index in [4.69, 9.17) is 11.0 Å². The maximum atomic E-state index is 8.66. The molecule has 2 N–H and O–H groups in total. The summed E-state index contributed by atoms with van der Waals surface area (Å²) >= 11 is 0. The highest BCUT2D eigenvalue weighted by Crippen LogP contribution is 2.13. The summed E-state index contributed by atoms with van der Waals surface area (Å²) in [4.78, 5) is 4.07. The van der Waals surface area contributed by atoms with E-state index in [1.807, 2.05) is 19.9 Å². The molecule has 0 amide bonds. The summed E-state index contributed by atoms with van der Waals surface area (Å²) < 4.78 is 0. The number of aromatic nitrogens is 1. The lowest BCUT2D eigenvalue weighted by Crippen LogP contribution is -2.00. The van der Waals surface area contributed by atoms with Crippen molar-refractivity contribution < 1.29 is 0 Å². The van der Waals surface area contributed by atoms with Gasteiger partial charge in [-0.05, 0) is 25.0 Å². The van der Waals surface area contributed by atoms with E-state index in [0.717, 1.165) is 17.7 Å². The zero-order valence-corrected chi connectivity index (χ0v) is 7.26. The zero-order valence-electron chi connectivity index (χ0n) is 7.26. The van der Waals surface area contributed by atoms with Gasteiger partial charge in [0.05, 0.1) is 5.56 Å². The maximum absolute atomic E-state index is 8.66. The quantitative estimate of drug-likeness (QED) is 0.677. The number of anilines is 1. The second-order valence-electron chi connectivity index (χ2n) is 2.63. The Morgan fingerprint density at radius 2 is 2.33 bits per heavy atom. The van der Waals surface area contributed by atoms with E-state index >= 15 is 0 Å². The molecule has 0 radical (unpaired) electrons. The standard InChI is InChI=1S/C9H11N3/c1-3-7-4-8(5-10)9(11)12-6(7)2/h4H,3H2,1-2H3,(H2,11,12). The SMILES string of the molecule is CCc1cc(C#N)c(N)nc1C. The Hall–Kier alpha value is -1.56. The molecular formula is C9H11N3. The molecule has 1 aromatic rings. The van der Waals surface area contributed by atoms with Crippen molar-refractivity contribution in [3.8, 4) is 6.07 Å². The summed E-state index contributed by atoms with van der Waals surface area (Å²) in [5.41, 5.74) is 7.99. The lowest BCUT2D eigenvalue weighted by Gasteiger charge is -2.03. The lowest BCUT2D eigenvalue weighted by molar-refractivity contribution is 1.05. The van der Waals surface area contributed by atoms with Crippen molar-refractivity contribution in [2.24, 2.45) is 0 Å². The maximum Gasteiger partial charge on any atom is 0.141 e. The number of nitrogen functional groups attached to an aromatic ring is 1. The number of hydrogen-bond acceptors (Lipinski definition) is 3. The van der Waals surface area contributed by atoms with Gasteiger partial charge in [-0.1, -0.05) is 6.92 Å². The number of rotatable bonds is 1. The average molecular weight is 161 g/mol. The highest BCUT2D eigenvalue weighted by Gasteiger charge is 2.03. The molecule has 0 unspecified atom stereocenters. The molecule has 0 aliphatic heterocycles. The minimum absolute atomic E-state index is 0.326. The molecule has 62 valence electrons. The van der Waals surface area contributed by atoms with Crippen LogP contribution in [0.15, 0.2) is 6.07 Å². The highest BCUT2D eigenvalue weighted by molar-refractivity contribution is 5.50. The third-order valence-corrected chi connectivity index (χ3v) is 1.85. The normalized spacial score (nSPS) is 9.42. The second kappa shape index (κ2) is 3.22. The van der Waals surface area contributed by atoms with Crippen molar-refractivity contribution in [2.75, 3.05) is 5.73 Å². The van der Waals surface area contributed by atoms with Crippen LogP contribution in [0.5, 0.6) is 0 Å². The second-order valence-corrected chi connectivity index (χ2v) is 2.63. The van der Waals surface area contributed by atoms with Crippen molar-refractivity contribution in [1.82, 2.24) is 4.98 Å². The van der Waals surface area contributed by atoms with Crippen LogP contribution in [0.4, 0.5) is 5.82 Å². The van der Waals surface area contributed by atoms with E-state index in [2.05, 4.69) is 4.98 Å². The molecule has 12 heavy (non-hydrogen) atoms. The first-order valence-electron chi connectivity index (χ1n) is 3.85. The molecule has 0 bridgehead atoms. The van der Waals surface area contributed by atoms with Gasteiger partial charge in [0, 0.05) is 5.69 Å². The molecule has 1 aromatic heterocycles. The summed E-state index contributed by atoms with van der Waals surface area (Å²) in [5.74, 6) is 0.326. The van der Waals surface area contributed by atoms with Gasteiger partial charge in [0.2, 0.25) is 0 Å². The fourth-order valence-corrected chi connectivity index (χ4v) is 1.11. The van der Waals surface area contributed by atoms with Crippen molar-refractivity contribution in [3.05, 3.63) is 22.9 Å². The van der Waals surface area contributed by atoms with Crippen LogP contribution in [0.25, 0.3) is 0 Å². The first-order valence-corrected chi connectivity index (χ1v) is 3.85. The van der Waals surface area contributed by atoms with Crippen molar-refractivity contribution in [3.63, 3.8) is 0 Å². The molecular weight excluding hydrogens is 150 g/mol. The molecule has 0 saturated carbocycles. The van der Waals surface area contributed by atoms with Crippen LogP contribution >= 0.6 is 0 Å². The Bertz CT molecular complexity index is 336. The molecule has 0 aliphatic rings. The van der Waals surface area contributed by atoms with Gasteiger partial charge in [-0.25, -0.2) is 4.98 Å². The van der Waals surface area contributed by atoms with Crippen molar-refractivity contribution >= 4 is 5.82 Å². The van der Waals surface area contributed by atoms with Gasteiger partial charge in [0.25, 0.3) is 0 Å². The zero-order chi connectivity index (χ0) is 9.14. The summed E-state index contributed by atoms with van der Waals surface area (Å²) in [7, 11) is 0. The van der Waals surface area contributed by atoms with Gasteiger partial charge in [-0.15, -0.1) is 0 Å². The minimum atomic E-state index is 0.326. The Morgan fingerprint density at radius 1 is 1.67 bits per heavy atom. The fourth-order valence-electron chi connectivity index (χ4n) is 1.11. The van der Waals surface area contributed by atoms with Gasteiger partial charge in [0.15, 0.2) is 0 Å². The lowest BCUT2D eigenvalue weighted by atomic mass is 10.1. The average Bonchev–Trinajstić information content (AvgIpc) is 2.05. The molecule has 0 atom stereocenters. The van der Waals surface area contributed by atoms with E-state index in [1.54, 1.807) is 6.07 Å². The minimum Gasteiger partial charge on any atom is -0.383 e. The summed E-state index contributed by atoms with van der Waals surface area (Å²) in [5, 5.41) is 8.66. The van der Waals surface area contributed by atoms with Crippen LogP contribution in [-0.4, -0.2) is 4.98 Å². The Morgan fingerprint density at radius 3 is 2.83 bits per heavy atom. The third kappa shape index (κ3) is 1.37. The highest BCUT2D eigenvalue weighted by atomic mass is 14.8. The Labute approximate surface area is 71.8 Å². The van der Waals surface area contributed by atoms with Crippen LogP contribution in [0, 0.1) is 18.3 Å². The number of nitriles is 1. The topological polar surface area (TPSA) is 62.7 Å². The number of nitrogens with two attached hydrogens (primary N) is 1. The number of hydrogen-bond donors (Lipinski definition) is 1. The predicted octanol–water partition coefficient (Wildman–Crippen LogP) is 1.41. The predicted molar refractivity (Wildman–Crippen MR) is 47.5 cm³/mol. The summed E-state index contributed by atoms with van der Waals surface area (Å²) in [6.45, 7) is 3.93. The molecule has 0 fully saturated rings. The molecule has 3 nitrogen and oxygen atoms in total. The molecule has 0 saturated heterocycles.